The lowest BCUT2D eigenvalue weighted by atomic mass is 10.2. The molecule has 3 heterocycles. The van der Waals surface area contributed by atoms with E-state index >= 15 is 0 Å². The molecule has 1 N–H and O–H groups in total. The molecule has 2 aliphatic rings. The molecule has 2 saturated heterocycles. The quantitative estimate of drug-likeness (QED) is 0.898. The van der Waals surface area contributed by atoms with Gasteiger partial charge in [0, 0.05) is 31.5 Å². The van der Waals surface area contributed by atoms with Gasteiger partial charge in [0.05, 0.1) is 22.8 Å². The van der Waals surface area contributed by atoms with Crippen molar-refractivity contribution in [2.45, 2.75) is 25.3 Å². The number of amides is 1. The second-order valence-electron chi connectivity index (χ2n) is 5.71. The highest BCUT2D eigenvalue weighted by Gasteiger charge is 2.28. The van der Waals surface area contributed by atoms with Crippen molar-refractivity contribution in [3.05, 3.63) is 24.0 Å². The number of aromatic nitrogens is 1. The zero-order valence-electron chi connectivity index (χ0n) is 11.8. The summed E-state index contributed by atoms with van der Waals surface area (Å²) in [5, 5.41) is 3.17. The molecule has 6 nitrogen and oxygen atoms in total. The molecule has 7 heteroatoms. The summed E-state index contributed by atoms with van der Waals surface area (Å²) in [6.45, 7) is 1.61. The number of likely N-dealkylation sites (tertiary alicyclic amines) is 1. The van der Waals surface area contributed by atoms with Crippen molar-refractivity contribution < 1.29 is 13.2 Å². The highest BCUT2D eigenvalue weighted by Crippen LogP contribution is 2.19. The van der Waals surface area contributed by atoms with Gasteiger partial charge in [0.2, 0.25) is 0 Å². The highest BCUT2D eigenvalue weighted by molar-refractivity contribution is 7.91. The van der Waals surface area contributed by atoms with Gasteiger partial charge in [-0.3, -0.25) is 9.78 Å². The van der Waals surface area contributed by atoms with E-state index in [1.807, 2.05) is 4.90 Å². The summed E-state index contributed by atoms with van der Waals surface area (Å²) >= 11 is 0. The average Bonchev–Trinajstić information content (AvgIpc) is 3.08. The maximum Gasteiger partial charge on any atom is 0.255 e. The maximum atomic E-state index is 12.3. The molecule has 0 aromatic carbocycles. The molecule has 2 aliphatic heterocycles. The van der Waals surface area contributed by atoms with Crippen LogP contribution < -0.4 is 5.32 Å². The fourth-order valence-corrected chi connectivity index (χ4v) is 4.56. The van der Waals surface area contributed by atoms with Gasteiger partial charge in [0.25, 0.3) is 5.91 Å². The van der Waals surface area contributed by atoms with E-state index in [1.165, 1.54) is 0 Å². The van der Waals surface area contributed by atoms with Crippen molar-refractivity contribution in [1.29, 1.82) is 0 Å². The van der Waals surface area contributed by atoms with Gasteiger partial charge in [-0.05, 0) is 25.3 Å². The van der Waals surface area contributed by atoms with Crippen LogP contribution in [0.15, 0.2) is 18.5 Å². The molecular formula is C14H19N3O3S. The van der Waals surface area contributed by atoms with Gasteiger partial charge >= 0.3 is 0 Å². The molecule has 1 aromatic rings. The number of nitrogens with zero attached hydrogens (tertiary/aromatic N) is 2. The van der Waals surface area contributed by atoms with Crippen molar-refractivity contribution in [3.8, 4) is 0 Å². The zero-order chi connectivity index (χ0) is 14.9. The van der Waals surface area contributed by atoms with Crippen molar-refractivity contribution in [3.63, 3.8) is 0 Å². The molecule has 1 atom stereocenters. The summed E-state index contributed by atoms with van der Waals surface area (Å²) in [5.41, 5.74) is 1.27. The molecule has 1 amide bonds. The standard InChI is InChI=1S/C14H19N3O3S/c18-14(17-4-1-2-5-17)11-7-13(9-15-8-11)16-12-3-6-21(19,20)10-12/h7-9,12,16H,1-6,10H2. The monoisotopic (exact) mass is 309 g/mol. The van der Waals surface area contributed by atoms with Gasteiger partial charge in [0.15, 0.2) is 9.84 Å². The smallest absolute Gasteiger partial charge is 0.255 e. The fourth-order valence-electron chi connectivity index (χ4n) is 2.88. The van der Waals surface area contributed by atoms with Crippen LogP contribution in [0.25, 0.3) is 0 Å². The molecule has 1 aromatic heterocycles. The Hall–Kier alpha value is -1.63. The van der Waals surface area contributed by atoms with Crippen LogP contribution in [0.4, 0.5) is 5.69 Å². The summed E-state index contributed by atoms with van der Waals surface area (Å²) < 4.78 is 22.9. The van der Waals surface area contributed by atoms with E-state index in [0.717, 1.165) is 25.9 Å². The normalized spacial score (nSPS) is 24.2. The van der Waals surface area contributed by atoms with Crippen LogP contribution in [0.1, 0.15) is 29.6 Å². The van der Waals surface area contributed by atoms with Crippen LogP contribution in [0.5, 0.6) is 0 Å². The Morgan fingerprint density at radius 1 is 1.29 bits per heavy atom. The number of carbonyl (C=O) groups is 1. The maximum absolute atomic E-state index is 12.3. The second kappa shape index (κ2) is 5.63. The van der Waals surface area contributed by atoms with E-state index in [0.29, 0.717) is 17.7 Å². The van der Waals surface area contributed by atoms with Crippen LogP contribution in [0, 0.1) is 0 Å². The molecule has 0 bridgehead atoms. The Labute approximate surface area is 124 Å². The van der Waals surface area contributed by atoms with Gasteiger partial charge in [-0.25, -0.2) is 8.42 Å². The number of rotatable bonds is 3. The number of hydrogen-bond donors (Lipinski definition) is 1. The van der Waals surface area contributed by atoms with Crippen LogP contribution in [-0.2, 0) is 9.84 Å². The molecule has 0 aliphatic carbocycles. The van der Waals surface area contributed by atoms with Crippen molar-refractivity contribution >= 4 is 21.4 Å². The zero-order valence-corrected chi connectivity index (χ0v) is 12.6. The van der Waals surface area contributed by atoms with Crippen LogP contribution >= 0.6 is 0 Å². The first-order valence-corrected chi connectivity index (χ1v) is 9.07. The lowest BCUT2D eigenvalue weighted by Crippen LogP contribution is -2.28. The van der Waals surface area contributed by atoms with E-state index < -0.39 is 9.84 Å². The summed E-state index contributed by atoms with van der Waals surface area (Å²) in [6, 6.07) is 1.67. The largest absolute Gasteiger partial charge is 0.380 e. The van der Waals surface area contributed by atoms with Crippen LogP contribution in [-0.4, -0.2) is 54.8 Å². The van der Waals surface area contributed by atoms with Crippen molar-refractivity contribution in [1.82, 2.24) is 9.88 Å². The van der Waals surface area contributed by atoms with Crippen molar-refractivity contribution in [2.24, 2.45) is 0 Å². The number of carbonyl (C=O) groups excluding carboxylic acids is 1. The third kappa shape index (κ3) is 3.34. The van der Waals surface area contributed by atoms with E-state index in [-0.39, 0.29) is 23.5 Å². The Balaban J connectivity index is 1.70. The molecule has 0 radical (unpaired) electrons. The SMILES string of the molecule is O=C(c1cncc(NC2CCS(=O)(=O)C2)c1)N1CCCC1. The second-order valence-corrected chi connectivity index (χ2v) is 7.93. The van der Waals surface area contributed by atoms with Crippen LogP contribution in [0.2, 0.25) is 0 Å². The van der Waals surface area contributed by atoms with E-state index in [9.17, 15) is 13.2 Å². The van der Waals surface area contributed by atoms with E-state index in [1.54, 1.807) is 18.5 Å². The van der Waals surface area contributed by atoms with Crippen LogP contribution in [0.3, 0.4) is 0 Å². The van der Waals surface area contributed by atoms with Gasteiger partial charge in [-0.15, -0.1) is 0 Å². The first-order valence-electron chi connectivity index (χ1n) is 7.25. The average molecular weight is 309 g/mol. The van der Waals surface area contributed by atoms with Crippen molar-refractivity contribution in [2.75, 3.05) is 29.9 Å². The molecule has 2 fully saturated rings. The predicted molar refractivity (Wildman–Crippen MR) is 80.1 cm³/mol. The lowest BCUT2D eigenvalue weighted by Gasteiger charge is -2.16. The molecule has 3 rings (SSSR count). The minimum Gasteiger partial charge on any atom is -0.380 e. The molecule has 1 unspecified atom stereocenters. The predicted octanol–water partition coefficient (Wildman–Crippen LogP) is 0.917. The highest BCUT2D eigenvalue weighted by atomic mass is 32.2. The number of sulfone groups is 1. The summed E-state index contributed by atoms with van der Waals surface area (Å²) in [6.07, 6.45) is 5.91. The van der Waals surface area contributed by atoms with Gasteiger partial charge in [-0.2, -0.15) is 0 Å². The molecule has 0 saturated carbocycles. The Morgan fingerprint density at radius 3 is 2.71 bits per heavy atom. The topological polar surface area (TPSA) is 79.4 Å². The Morgan fingerprint density at radius 2 is 2.05 bits per heavy atom. The van der Waals surface area contributed by atoms with E-state index in [2.05, 4.69) is 10.3 Å². The fraction of sp³-hybridized carbons (Fsp3) is 0.571. The number of pyridine rings is 1. The molecule has 0 spiro atoms. The third-order valence-electron chi connectivity index (χ3n) is 3.98. The summed E-state index contributed by atoms with van der Waals surface area (Å²) in [4.78, 5) is 18.2. The van der Waals surface area contributed by atoms with Gasteiger partial charge < -0.3 is 10.2 Å². The summed E-state index contributed by atoms with van der Waals surface area (Å²) in [5.74, 6) is 0.379. The molecule has 114 valence electrons. The third-order valence-corrected chi connectivity index (χ3v) is 5.75. The first kappa shape index (κ1) is 14.3. The Bertz CT molecular complexity index is 639. The summed E-state index contributed by atoms with van der Waals surface area (Å²) in [7, 11) is -2.91. The lowest BCUT2D eigenvalue weighted by molar-refractivity contribution is 0.0792. The number of nitrogens with one attached hydrogen (secondary N) is 1. The first-order chi connectivity index (χ1) is 10.0. The van der Waals surface area contributed by atoms with Gasteiger partial charge in [-0.1, -0.05) is 0 Å². The number of hydrogen-bond acceptors (Lipinski definition) is 5. The minimum atomic E-state index is -2.91. The molecular weight excluding hydrogens is 290 g/mol. The molecule has 21 heavy (non-hydrogen) atoms. The minimum absolute atomic E-state index is 0.00249. The Kier molecular flexibility index (Phi) is 3.84. The van der Waals surface area contributed by atoms with Gasteiger partial charge in [0.1, 0.15) is 0 Å². The number of anilines is 1. The van der Waals surface area contributed by atoms with E-state index in [4.69, 9.17) is 0 Å².